The van der Waals surface area contributed by atoms with Gasteiger partial charge in [0.15, 0.2) is 11.5 Å². The Bertz CT molecular complexity index is 1490. The molecular formula is C26H20N2O3S. The molecule has 158 valence electrons. The van der Waals surface area contributed by atoms with Crippen molar-refractivity contribution in [3.8, 4) is 34.1 Å². The number of phenolic OH excluding ortho intramolecular Hbond substituents is 1. The predicted molar refractivity (Wildman–Crippen MR) is 127 cm³/mol. The number of aromatic nitrogens is 1. The lowest BCUT2D eigenvalue weighted by Crippen LogP contribution is -2.03. The summed E-state index contributed by atoms with van der Waals surface area (Å²) in [5, 5.41) is 12.5. The van der Waals surface area contributed by atoms with Crippen molar-refractivity contribution in [1.29, 1.82) is 0 Å². The second-order valence-electron chi connectivity index (χ2n) is 7.26. The first-order valence-electron chi connectivity index (χ1n) is 10.1. The van der Waals surface area contributed by atoms with Gasteiger partial charge in [0.1, 0.15) is 11.3 Å². The molecule has 0 aliphatic carbocycles. The third-order valence-electron chi connectivity index (χ3n) is 5.16. The van der Waals surface area contributed by atoms with E-state index in [1.807, 2.05) is 54.6 Å². The van der Waals surface area contributed by atoms with Gasteiger partial charge in [-0.25, -0.2) is 9.98 Å². The Balaban J connectivity index is 1.67. The Morgan fingerprint density at radius 2 is 1.72 bits per heavy atom. The lowest BCUT2D eigenvalue weighted by Gasteiger charge is -2.07. The quantitative estimate of drug-likeness (QED) is 0.347. The van der Waals surface area contributed by atoms with E-state index in [0.717, 1.165) is 32.4 Å². The number of methoxy groups -OCH3 is 1. The first-order chi connectivity index (χ1) is 15.6. The van der Waals surface area contributed by atoms with Gasteiger partial charge in [0, 0.05) is 27.5 Å². The predicted octanol–water partition coefficient (Wildman–Crippen LogP) is 6.48. The van der Waals surface area contributed by atoms with Crippen molar-refractivity contribution >= 4 is 27.4 Å². The Hall–Kier alpha value is -3.90. The fraction of sp³-hybridized carbons (Fsp3) is 0.0769. The Morgan fingerprint density at radius 3 is 2.50 bits per heavy atom. The molecule has 0 saturated carbocycles. The molecule has 3 aromatic carbocycles. The first kappa shape index (κ1) is 20.0. The van der Waals surface area contributed by atoms with E-state index in [1.165, 1.54) is 7.11 Å². The number of nitrogens with zero attached hydrogens (tertiary/aromatic N) is 2. The average molecular weight is 441 g/mol. The minimum absolute atomic E-state index is 0.0508. The van der Waals surface area contributed by atoms with Crippen molar-refractivity contribution < 1.29 is 14.3 Å². The van der Waals surface area contributed by atoms with Crippen LogP contribution < -0.4 is 10.1 Å². The summed E-state index contributed by atoms with van der Waals surface area (Å²) in [5.41, 5.74) is 3.45. The zero-order valence-corrected chi connectivity index (χ0v) is 18.4. The highest BCUT2D eigenvalue weighted by atomic mass is 32.1. The van der Waals surface area contributed by atoms with E-state index in [9.17, 15) is 5.11 Å². The minimum Gasteiger partial charge on any atom is -0.504 e. The second kappa shape index (κ2) is 8.32. The third kappa shape index (κ3) is 3.76. The molecule has 5 nitrogen and oxygen atoms in total. The number of aromatic hydroxyl groups is 1. The van der Waals surface area contributed by atoms with Crippen LogP contribution in [-0.4, -0.2) is 17.2 Å². The van der Waals surface area contributed by atoms with Crippen molar-refractivity contribution in [2.24, 2.45) is 4.99 Å². The van der Waals surface area contributed by atoms with Crippen LogP contribution in [0.5, 0.6) is 11.5 Å². The molecule has 1 N–H and O–H groups in total. The molecule has 0 aliphatic rings. The van der Waals surface area contributed by atoms with Gasteiger partial charge in [-0.1, -0.05) is 53.8 Å². The number of benzene rings is 3. The monoisotopic (exact) mass is 440 g/mol. The number of thiazole rings is 1. The normalized spacial score (nSPS) is 11.8. The summed E-state index contributed by atoms with van der Waals surface area (Å²) in [4.78, 5) is 10.8. The Labute approximate surface area is 188 Å². The van der Waals surface area contributed by atoms with Gasteiger partial charge < -0.3 is 14.3 Å². The third-order valence-corrected chi connectivity index (χ3v) is 6.03. The van der Waals surface area contributed by atoms with E-state index in [2.05, 4.69) is 19.1 Å². The molecule has 5 aromatic rings. The summed E-state index contributed by atoms with van der Waals surface area (Å²) in [6, 6.07) is 24.9. The average Bonchev–Trinajstić information content (AvgIpc) is 3.19. The fourth-order valence-corrected chi connectivity index (χ4v) is 4.41. The molecule has 5 rings (SSSR count). The number of hydrogen-bond donors (Lipinski definition) is 1. The highest BCUT2D eigenvalue weighted by Crippen LogP contribution is 2.33. The molecule has 0 atom stereocenters. The van der Waals surface area contributed by atoms with Gasteiger partial charge in [-0.15, -0.1) is 0 Å². The highest BCUT2D eigenvalue weighted by molar-refractivity contribution is 7.15. The molecule has 0 bridgehead atoms. The van der Waals surface area contributed by atoms with Gasteiger partial charge in [0.05, 0.1) is 18.2 Å². The molecule has 2 aromatic heterocycles. The molecule has 0 fully saturated rings. The van der Waals surface area contributed by atoms with Gasteiger partial charge in [0.25, 0.3) is 0 Å². The fourth-order valence-electron chi connectivity index (χ4n) is 3.59. The largest absolute Gasteiger partial charge is 0.504 e. The van der Waals surface area contributed by atoms with Gasteiger partial charge in [-0.2, -0.15) is 0 Å². The molecule has 0 spiro atoms. The maximum atomic E-state index is 10.2. The molecule has 2 heterocycles. The van der Waals surface area contributed by atoms with Crippen LogP contribution in [-0.2, 0) is 0 Å². The van der Waals surface area contributed by atoms with Crippen LogP contribution in [0, 0.1) is 6.92 Å². The van der Waals surface area contributed by atoms with Crippen LogP contribution in [0.4, 0.5) is 5.13 Å². The van der Waals surface area contributed by atoms with Crippen molar-refractivity contribution in [3.05, 3.63) is 89.1 Å². The summed E-state index contributed by atoms with van der Waals surface area (Å²) in [5.74, 6) is 1.05. The van der Waals surface area contributed by atoms with Gasteiger partial charge in [-0.05, 0) is 37.3 Å². The lowest BCUT2D eigenvalue weighted by molar-refractivity contribution is 0.373. The van der Waals surface area contributed by atoms with E-state index >= 15 is 0 Å². The highest BCUT2D eigenvalue weighted by Gasteiger charge is 2.12. The summed E-state index contributed by atoms with van der Waals surface area (Å²) < 4.78 is 11.3. The maximum Gasteiger partial charge on any atom is 0.210 e. The summed E-state index contributed by atoms with van der Waals surface area (Å²) in [6.07, 6.45) is 0. The van der Waals surface area contributed by atoms with Crippen molar-refractivity contribution in [3.63, 3.8) is 0 Å². The molecule has 0 radical (unpaired) electrons. The van der Waals surface area contributed by atoms with Crippen molar-refractivity contribution in [1.82, 2.24) is 4.98 Å². The number of hydrogen-bond acceptors (Lipinski definition) is 6. The lowest BCUT2D eigenvalue weighted by atomic mass is 10.1. The number of aryl methyl sites for hydroxylation is 1. The van der Waals surface area contributed by atoms with E-state index < -0.39 is 0 Å². The van der Waals surface area contributed by atoms with Crippen LogP contribution >= 0.6 is 11.3 Å². The van der Waals surface area contributed by atoms with E-state index in [1.54, 1.807) is 23.5 Å². The zero-order valence-electron chi connectivity index (χ0n) is 17.6. The maximum absolute atomic E-state index is 10.2. The number of fused-ring (bicyclic) bond motifs is 1. The van der Waals surface area contributed by atoms with E-state index in [0.29, 0.717) is 22.2 Å². The number of ether oxygens (including phenoxy) is 1. The number of rotatable bonds is 4. The number of phenols is 1. The van der Waals surface area contributed by atoms with E-state index in [4.69, 9.17) is 19.1 Å². The number of para-hydroxylation sites is 1. The molecule has 0 unspecified atom stereocenters. The van der Waals surface area contributed by atoms with E-state index in [-0.39, 0.29) is 5.75 Å². The SMILES string of the molecule is COc1ccc(-c2c/c(=N\c3nc(-c4ccccc4)c(C)s3)c3ccccc3o2)cc1O. The molecule has 0 amide bonds. The Kier molecular flexibility index (Phi) is 5.21. The van der Waals surface area contributed by atoms with Gasteiger partial charge >= 0.3 is 0 Å². The second-order valence-corrected chi connectivity index (χ2v) is 8.44. The van der Waals surface area contributed by atoms with Crippen LogP contribution in [0.1, 0.15) is 4.88 Å². The Morgan fingerprint density at radius 1 is 0.938 bits per heavy atom. The summed E-state index contributed by atoms with van der Waals surface area (Å²) >= 11 is 1.56. The van der Waals surface area contributed by atoms with Crippen molar-refractivity contribution in [2.75, 3.05) is 7.11 Å². The van der Waals surface area contributed by atoms with Gasteiger partial charge in [0.2, 0.25) is 5.13 Å². The molecule has 6 heteroatoms. The van der Waals surface area contributed by atoms with Crippen LogP contribution in [0.15, 0.2) is 88.3 Å². The van der Waals surface area contributed by atoms with Crippen LogP contribution in [0.2, 0.25) is 0 Å². The minimum atomic E-state index is 0.0508. The van der Waals surface area contributed by atoms with Crippen LogP contribution in [0.25, 0.3) is 33.6 Å². The molecule has 0 aliphatic heterocycles. The summed E-state index contributed by atoms with van der Waals surface area (Å²) in [7, 11) is 1.52. The summed E-state index contributed by atoms with van der Waals surface area (Å²) in [6.45, 7) is 2.06. The molecular weight excluding hydrogens is 420 g/mol. The van der Waals surface area contributed by atoms with Crippen LogP contribution in [0.3, 0.4) is 0 Å². The van der Waals surface area contributed by atoms with Gasteiger partial charge in [-0.3, -0.25) is 0 Å². The smallest absolute Gasteiger partial charge is 0.210 e. The van der Waals surface area contributed by atoms with Crippen molar-refractivity contribution in [2.45, 2.75) is 6.92 Å². The standard InChI is InChI=1S/C26H20N2O3S/c1-16-25(17-8-4-3-5-9-17)28-26(32-16)27-20-15-24(31-22-11-7-6-10-19(20)22)18-12-13-23(30-2)21(29)14-18/h3-15,29H,1-2H3/b27-20+. The molecule has 32 heavy (non-hydrogen) atoms. The zero-order chi connectivity index (χ0) is 22.1. The first-order valence-corrected chi connectivity index (χ1v) is 10.9. The topological polar surface area (TPSA) is 67.9 Å². The molecule has 0 saturated heterocycles.